The third-order valence-electron chi connectivity index (χ3n) is 1.99. The predicted octanol–water partition coefficient (Wildman–Crippen LogP) is 2.46. The van der Waals surface area contributed by atoms with E-state index in [0.29, 0.717) is 0 Å². The monoisotopic (exact) mass is 203 g/mol. The van der Waals surface area contributed by atoms with E-state index in [0.717, 1.165) is 0 Å². The predicted molar refractivity (Wildman–Crippen MR) is 59.0 cm³/mol. The molecule has 3 nitrogen and oxygen atoms in total. The first kappa shape index (κ1) is 12.9. The summed E-state index contributed by atoms with van der Waals surface area (Å²) in [6.07, 6.45) is 7.51. The number of aliphatic carboxylic acids is 1. The van der Waals surface area contributed by atoms with Gasteiger partial charge in [-0.2, -0.15) is 5.26 Å². The Balaban J connectivity index is 5.20. The second kappa shape index (κ2) is 5.61. The first-order valence-electron chi connectivity index (χ1n) is 4.28. The van der Waals surface area contributed by atoms with E-state index in [1.807, 2.05) is 6.07 Å². The first-order valence-corrected chi connectivity index (χ1v) is 4.28. The van der Waals surface area contributed by atoms with Crippen LogP contribution in [-0.2, 0) is 4.79 Å². The Labute approximate surface area is 89.3 Å². The number of rotatable bonds is 5. The van der Waals surface area contributed by atoms with E-state index in [1.54, 1.807) is 19.1 Å². The van der Waals surface area contributed by atoms with E-state index < -0.39 is 11.4 Å². The average molecular weight is 203 g/mol. The highest BCUT2D eigenvalue weighted by atomic mass is 16.4. The van der Waals surface area contributed by atoms with Crippen molar-refractivity contribution in [3.63, 3.8) is 0 Å². The summed E-state index contributed by atoms with van der Waals surface area (Å²) in [7, 11) is 0. The van der Waals surface area contributed by atoms with Crippen molar-refractivity contribution in [3.05, 3.63) is 49.1 Å². The molecule has 0 aromatic carbocycles. The van der Waals surface area contributed by atoms with Gasteiger partial charge in [0.25, 0.3) is 0 Å². The summed E-state index contributed by atoms with van der Waals surface area (Å²) in [5.41, 5.74) is -0.859. The molecular formula is C12H13NO2. The number of carboxylic acid groups (broad SMARTS) is 1. The summed E-state index contributed by atoms with van der Waals surface area (Å²) in [6, 6.07) is 1.82. The molecule has 0 spiro atoms. The molecule has 1 unspecified atom stereocenters. The largest absolute Gasteiger partial charge is 0.478 e. The number of hydrogen-bond donors (Lipinski definition) is 1. The molecule has 15 heavy (non-hydrogen) atoms. The van der Waals surface area contributed by atoms with Crippen LogP contribution in [0.2, 0.25) is 0 Å². The first-order chi connectivity index (χ1) is 6.98. The second-order valence-electron chi connectivity index (χ2n) is 3.12. The van der Waals surface area contributed by atoms with Crippen molar-refractivity contribution in [2.45, 2.75) is 6.92 Å². The number of hydrogen-bond acceptors (Lipinski definition) is 2. The fraction of sp³-hybridized carbons (Fsp3) is 0.167. The van der Waals surface area contributed by atoms with Crippen molar-refractivity contribution in [2.24, 2.45) is 5.41 Å². The standard InChI is InChI=1S/C12H13NO2/c1-4-5-7-12(3,8-6-9-13)10(2)11(14)15/h4-8H,1-2H2,3H3,(H,14,15). The van der Waals surface area contributed by atoms with Crippen LogP contribution in [0.15, 0.2) is 49.1 Å². The van der Waals surface area contributed by atoms with Gasteiger partial charge in [-0.3, -0.25) is 0 Å². The fourth-order valence-electron chi connectivity index (χ4n) is 0.965. The summed E-state index contributed by atoms with van der Waals surface area (Å²) in [6.45, 7) is 8.65. The molecular weight excluding hydrogens is 190 g/mol. The van der Waals surface area contributed by atoms with Crippen LogP contribution in [0.5, 0.6) is 0 Å². The van der Waals surface area contributed by atoms with E-state index in [4.69, 9.17) is 10.4 Å². The molecule has 0 saturated heterocycles. The summed E-state index contributed by atoms with van der Waals surface area (Å²) in [4.78, 5) is 10.8. The van der Waals surface area contributed by atoms with E-state index in [9.17, 15) is 4.79 Å². The van der Waals surface area contributed by atoms with Crippen LogP contribution in [0, 0.1) is 16.7 Å². The Morgan fingerprint density at radius 1 is 1.53 bits per heavy atom. The fourth-order valence-corrected chi connectivity index (χ4v) is 0.965. The number of nitriles is 1. The van der Waals surface area contributed by atoms with Crippen molar-refractivity contribution in [2.75, 3.05) is 0 Å². The van der Waals surface area contributed by atoms with Crippen LogP contribution < -0.4 is 0 Å². The Bertz CT molecular complexity index is 372. The van der Waals surface area contributed by atoms with Gasteiger partial charge in [-0.05, 0) is 6.92 Å². The number of carboxylic acids is 1. The SMILES string of the molecule is C=CC=CC(C)(C=CC#N)C(=C)C(=O)O. The van der Waals surface area contributed by atoms with Gasteiger partial charge in [0.05, 0.1) is 6.07 Å². The third-order valence-corrected chi connectivity index (χ3v) is 1.99. The lowest BCUT2D eigenvalue weighted by Crippen LogP contribution is -2.19. The molecule has 78 valence electrons. The molecule has 0 aliphatic carbocycles. The molecule has 0 rings (SSSR count). The highest BCUT2D eigenvalue weighted by Gasteiger charge is 2.26. The maximum atomic E-state index is 10.8. The van der Waals surface area contributed by atoms with Crippen LogP contribution in [0.4, 0.5) is 0 Å². The van der Waals surface area contributed by atoms with E-state index in [2.05, 4.69) is 13.2 Å². The van der Waals surface area contributed by atoms with Gasteiger partial charge in [-0.15, -0.1) is 0 Å². The summed E-state index contributed by atoms with van der Waals surface area (Å²) in [5.74, 6) is -1.09. The van der Waals surface area contributed by atoms with E-state index in [-0.39, 0.29) is 5.57 Å². The molecule has 3 heteroatoms. The van der Waals surface area contributed by atoms with Crippen molar-refractivity contribution < 1.29 is 9.90 Å². The highest BCUT2D eigenvalue weighted by Crippen LogP contribution is 2.29. The van der Waals surface area contributed by atoms with Gasteiger partial charge in [-0.25, -0.2) is 4.79 Å². The molecule has 0 aromatic heterocycles. The molecule has 0 heterocycles. The highest BCUT2D eigenvalue weighted by molar-refractivity contribution is 5.88. The maximum absolute atomic E-state index is 10.8. The minimum absolute atomic E-state index is 0.00657. The van der Waals surface area contributed by atoms with Gasteiger partial charge < -0.3 is 5.11 Å². The molecule has 1 atom stereocenters. The Kier molecular flexibility index (Phi) is 4.83. The van der Waals surface area contributed by atoms with Gasteiger partial charge in [-0.1, -0.05) is 37.5 Å². The van der Waals surface area contributed by atoms with Gasteiger partial charge >= 0.3 is 5.97 Å². The molecule has 0 aromatic rings. The van der Waals surface area contributed by atoms with Crippen LogP contribution in [0.1, 0.15) is 6.92 Å². The molecule has 0 aliphatic rings. The van der Waals surface area contributed by atoms with Crippen molar-refractivity contribution in [3.8, 4) is 6.07 Å². The summed E-state index contributed by atoms with van der Waals surface area (Å²) in [5, 5.41) is 17.3. The lowest BCUT2D eigenvalue weighted by atomic mass is 9.82. The van der Waals surface area contributed by atoms with E-state index >= 15 is 0 Å². The minimum atomic E-state index is -1.09. The molecule has 0 aliphatic heterocycles. The van der Waals surface area contributed by atoms with Crippen molar-refractivity contribution in [1.82, 2.24) is 0 Å². The molecule has 0 saturated carbocycles. The number of nitrogens with zero attached hydrogens (tertiary/aromatic N) is 1. The third kappa shape index (κ3) is 3.65. The zero-order chi connectivity index (χ0) is 11.9. The van der Waals surface area contributed by atoms with E-state index in [1.165, 1.54) is 18.2 Å². The molecule has 1 N–H and O–H groups in total. The molecule has 0 bridgehead atoms. The summed E-state index contributed by atoms with van der Waals surface area (Å²) < 4.78 is 0. The molecule has 0 amide bonds. The Morgan fingerprint density at radius 2 is 2.13 bits per heavy atom. The molecule has 0 fully saturated rings. The zero-order valence-corrected chi connectivity index (χ0v) is 8.60. The van der Waals surface area contributed by atoms with Gasteiger partial charge in [0.1, 0.15) is 0 Å². The number of allylic oxidation sites excluding steroid dienone is 5. The van der Waals surface area contributed by atoms with Crippen LogP contribution >= 0.6 is 0 Å². The van der Waals surface area contributed by atoms with Crippen LogP contribution in [0.25, 0.3) is 0 Å². The Morgan fingerprint density at radius 3 is 2.53 bits per heavy atom. The second-order valence-corrected chi connectivity index (χ2v) is 3.12. The maximum Gasteiger partial charge on any atom is 0.332 e. The Hall–Kier alpha value is -2.08. The van der Waals surface area contributed by atoms with Gasteiger partial charge in [0.2, 0.25) is 0 Å². The average Bonchev–Trinajstić information content (AvgIpc) is 2.22. The lowest BCUT2D eigenvalue weighted by Gasteiger charge is -2.21. The van der Waals surface area contributed by atoms with Crippen LogP contribution in [-0.4, -0.2) is 11.1 Å². The van der Waals surface area contributed by atoms with Crippen LogP contribution in [0.3, 0.4) is 0 Å². The van der Waals surface area contributed by atoms with Crippen molar-refractivity contribution in [1.29, 1.82) is 5.26 Å². The smallest absolute Gasteiger partial charge is 0.332 e. The molecule has 0 radical (unpaired) electrons. The van der Waals surface area contributed by atoms with Gasteiger partial charge in [0.15, 0.2) is 0 Å². The zero-order valence-electron chi connectivity index (χ0n) is 8.60. The lowest BCUT2D eigenvalue weighted by molar-refractivity contribution is -0.133. The quantitative estimate of drug-likeness (QED) is 0.424. The van der Waals surface area contributed by atoms with Crippen molar-refractivity contribution >= 4 is 5.97 Å². The normalized spacial score (nSPS) is 14.7. The van der Waals surface area contributed by atoms with Gasteiger partial charge in [0, 0.05) is 17.1 Å². The minimum Gasteiger partial charge on any atom is -0.478 e. The topological polar surface area (TPSA) is 61.1 Å². The summed E-state index contributed by atoms with van der Waals surface area (Å²) >= 11 is 0. The number of carbonyl (C=O) groups is 1.